The number of benzene rings is 10. The maximum absolute atomic E-state index is 2.92. The summed E-state index contributed by atoms with van der Waals surface area (Å²) >= 11 is 4.30. The van der Waals surface area contributed by atoms with Crippen LogP contribution in [0.5, 0.6) is 0 Å². The molecule has 8 heteroatoms. The van der Waals surface area contributed by atoms with Gasteiger partial charge in [-0.3, -0.25) is 0 Å². The summed E-state index contributed by atoms with van der Waals surface area (Å²) in [5.41, 5.74) is 49.1. The molecule has 4 aliphatic heterocycles. The highest BCUT2D eigenvalue weighted by Gasteiger charge is 2.55. The van der Waals surface area contributed by atoms with E-state index in [1.54, 1.807) is 44.5 Å². The minimum Gasteiger partial charge on any atom is -0.311 e. The van der Waals surface area contributed by atoms with Crippen LogP contribution in [0, 0.1) is 13.8 Å². The average Bonchev–Trinajstić information content (AvgIpc) is 1.27. The zero-order valence-corrected chi connectivity index (χ0v) is 93.5. The molecular formula is C132H162B2N4S2. The Morgan fingerprint density at radius 1 is 0.321 bits per heavy atom. The molecule has 0 spiro atoms. The fourth-order valence-electron chi connectivity index (χ4n) is 29.5. The van der Waals surface area contributed by atoms with Crippen LogP contribution in [-0.2, 0) is 75.8 Å². The van der Waals surface area contributed by atoms with Crippen molar-refractivity contribution in [3.63, 3.8) is 0 Å². The first-order valence-electron chi connectivity index (χ1n) is 55.1. The van der Waals surface area contributed by atoms with Crippen LogP contribution in [0.4, 0.5) is 68.2 Å². The molecule has 0 saturated heterocycles. The van der Waals surface area contributed by atoms with Gasteiger partial charge >= 0.3 is 0 Å². The first-order valence-corrected chi connectivity index (χ1v) is 56.8. The standard InChI is InChI=1S/C132H162B2N4S2/c1-33-77(2)81-63-107-113-109(64-81)137(103-45-39-83(61-78(103)3)119(5,6)7)105-73-96-94(125(19,20)50-52-127(96,23)24)71-101(105)133(113)117-115(87-69-92-98(75-111(87)139-117)129(27,28)54-49-124(92,17)18)136(107)86-42-44-90-99(68-86)131(31,57-55-122(90,13)14)59-60-132(32)58-56-130(29,30)93-70-88-112(76-100(93)132)140-118-116(88)135(85-41-43-89-91(67-85)123(15,16)48-47-121(89,11)12)108-65-82(80-37-35-34-36-38-80)66-110-114(108)134(118)102-72-95-97(128(25,26)53-51-126(95,21)22)74-106(102)138(110)104-46-40-84(62-79(104)4)120(8,9)10/h39-46,61-77,80H,33-38,47-60H2,1-32H3. The van der Waals surface area contributed by atoms with Crippen molar-refractivity contribution >= 4 is 156 Å². The molecule has 4 nitrogen and oxygen atoms in total. The summed E-state index contributed by atoms with van der Waals surface area (Å²) in [6.45, 7) is 80.8. The molecule has 1 fully saturated rings. The Labute approximate surface area is 852 Å². The lowest BCUT2D eigenvalue weighted by atomic mass is 9.35. The second kappa shape index (κ2) is 31.0. The predicted octanol–water partition coefficient (Wildman–Crippen LogP) is 34.6. The Balaban J connectivity index is 0.720. The molecule has 0 radical (unpaired) electrons. The van der Waals surface area contributed by atoms with Crippen LogP contribution in [0.3, 0.4) is 0 Å². The van der Waals surface area contributed by atoms with Gasteiger partial charge in [-0.15, -0.1) is 22.7 Å². The van der Waals surface area contributed by atoms with E-state index in [0.29, 0.717) is 11.8 Å². The monoisotopic (exact) mass is 1890 g/mol. The van der Waals surface area contributed by atoms with Gasteiger partial charge in [0.1, 0.15) is 0 Å². The molecule has 3 atom stereocenters. The largest absolute Gasteiger partial charge is 0.311 e. The predicted molar refractivity (Wildman–Crippen MR) is 613 cm³/mol. The summed E-state index contributed by atoms with van der Waals surface area (Å²) in [4.78, 5) is 11.5. The van der Waals surface area contributed by atoms with Gasteiger partial charge in [0.25, 0.3) is 13.4 Å². The van der Waals surface area contributed by atoms with Gasteiger partial charge in [0.05, 0.1) is 11.4 Å². The third-order valence-electron chi connectivity index (χ3n) is 40.2. The Bertz CT molecular complexity index is 7250. The van der Waals surface area contributed by atoms with Gasteiger partial charge in [-0.2, -0.15) is 0 Å². The average molecular weight is 1890 g/mol. The molecule has 0 N–H and O–H groups in total. The number of rotatable bonds is 10. The smallest absolute Gasteiger partial charge is 0.264 e. The molecule has 12 aromatic rings. The van der Waals surface area contributed by atoms with Crippen molar-refractivity contribution in [2.45, 2.75) is 438 Å². The summed E-state index contributed by atoms with van der Waals surface area (Å²) < 4.78 is 5.89. The normalized spacial score (nSPS) is 23.1. The zero-order chi connectivity index (χ0) is 99.2. The van der Waals surface area contributed by atoms with E-state index in [-0.39, 0.29) is 89.2 Å². The van der Waals surface area contributed by atoms with E-state index >= 15 is 0 Å². The fourth-order valence-corrected chi connectivity index (χ4v) is 32.2. The lowest BCUT2D eigenvalue weighted by Gasteiger charge is -2.49. The van der Waals surface area contributed by atoms with Gasteiger partial charge in [0, 0.05) is 86.6 Å². The van der Waals surface area contributed by atoms with E-state index in [2.05, 4.69) is 409 Å². The lowest BCUT2D eigenvalue weighted by molar-refractivity contribution is 0.238. The van der Waals surface area contributed by atoms with Crippen molar-refractivity contribution in [2.24, 2.45) is 0 Å². The third-order valence-corrected chi connectivity index (χ3v) is 42.6. The number of fused-ring (bicyclic) bond motifs is 18. The molecule has 140 heavy (non-hydrogen) atoms. The summed E-state index contributed by atoms with van der Waals surface area (Å²) in [6, 6.07) is 64.4. The second-order valence-electron chi connectivity index (χ2n) is 56.6. The minimum atomic E-state index is -0.128. The summed E-state index contributed by atoms with van der Waals surface area (Å²) in [6.07, 6.45) is 23.6. The quantitative estimate of drug-likeness (QED) is 0.127. The van der Waals surface area contributed by atoms with Crippen LogP contribution in [0.2, 0.25) is 0 Å². The van der Waals surface area contributed by atoms with Crippen molar-refractivity contribution in [3.8, 4) is 0 Å². The Hall–Kier alpha value is -8.55. The Morgan fingerprint density at radius 2 is 0.643 bits per heavy atom. The molecule has 6 heterocycles. The van der Waals surface area contributed by atoms with Crippen LogP contribution < -0.4 is 51.0 Å². The summed E-state index contributed by atoms with van der Waals surface area (Å²) in [5, 5.41) is 2.87. The molecule has 0 bridgehead atoms. The zero-order valence-electron chi connectivity index (χ0n) is 91.9. The van der Waals surface area contributed by atoms with Gasteiger partial charge < -0.3 is 19.6 Å². The number of aryl methyl sites for hydroxylation is 2. The highest BCUT2D eigenvalue weighted by atomic mass is 32.1. The van der Waals surface area contributed by atoms with Crippen LogP contribution >= 0.6 is 22.7 Å². The van der Waals surface area contributed by atoms with Crippen LogP contribution in [0.15, 0.2) is 146 Å². The minimum absolute atomic E-state index is 0.00142. The molecular weight excluding hydrogens is 1730 g/mol. The van der Waals surface area contributed by atoms with Crippen LogP contribution in [0.25, 0.3) is 20.2 Å². The molecule has 2 aromatic heterocycles. The van der Waals surface area contributed by atoms with E-state index in [1.807, 2.05) is 0 Å². The van der Waals surface area contributed by atoms with E-state index < -0.39 is 0 Å². The molecule has 7 aliphatic carbocycles. The number of hydrogen-bond donors (Lipinski definition) is 0. The van der Waals surface area contributed by atoms with E-state index in [0.717, 1.165) is 44.9 Å². The van der Waals surface area contributed by atoms with Gasteiger partial charge in [0.2, 0.25) is 0 Å². The number of hydrogen-bond acceptors (Lipinski definition) is 6. The molecule has 3 unspecified atom stereocenters. The van der Waals surface area contributed by atoms with Gasteiger partial charge in [-0.25, -0.2) is 0 Å². The highest BCUT2D eigenvalue weighted by Crippen LogP contribution is 2.63. The number of anilines is 12. The van der Waals surface area contributed by atoms with E-state index in [1.165, 1.54) is 259 Å². The maximum atomic E-state index is 2.92. The van der Waals surface area contributed by atoms with Gasteiger partial charge in [0.15, 0.2) is 0 Å². The summed E-state index contributed by atoms with van der Waals surface area (Å²) in [5.74, 6) is 0.805. The molecule has 0 amide bonds. The molecule has 728 valence electrons. The van der Waals surface area contributed by atoms with Gasteiger partial charge in [-0.1, -0.05) is 276 Å². The van der Waals surface area contributed by atoms with Crippen molar-refractivity contribution in [3.05, 3.63) is 246 Å². The molecule has 1 saturated carbocycles. The first-order chi connectivity index (χ1) is 65.5. The summed E-state index contributed by atoms with van der Waals surface area (Å²) in [7, 11) is 0. The van der Waals surface area contributed by atoms with Crippen molar-refractivity contribution in [1.82, 2.24) is 0 Å². The van der Waals surface area contributed by atoms with E-state index in [4.69, 9.17) is 0 Å². The fraction of sp³-hybridized carbons (Fsp3) is 0.515. The molecule has 11 aliphatic rings. The Morgan fingerprint density at radius 3 is 1.04 bits per heavy atom. The van der Waals surface area contributed by atoms with E-state index in [9.17, 15) is 0 Å². The molecule has 10 aromatic carbocycles. The van der Waals surface area contributed by atoms with Crippen molar-refractivity contribution in [2.75, 3.05) is 19.6 Å². The van der Waals surface area contributed by atoms with Crippen molar-refractivity contribution < 1.29 is 0 Å². The highest BCUT2D eigenvalue weighted by molar-refractivity contribution is 7.34. The number of thiophene rings is 2. The van der Waals surface area contributed by atoms with Crippen LogP contribution in [0.1, 0.15) is 448 Å². The molecule has 23 rings (SSSR count). The second-order valence-corrected chi connectivity index (χ2v) is 58.7. The topological polar surface area (TPSA) is 13.0 Å². The van der Waals surface area contributed by atoms with Crippen LogP contribution in [-0.4, -0.2) is 13.4 Å². The van der Waals surface area contributed by atoms with Crippen molar-refractivity contribution in [1.29, 1.82) is 0 Å². The third kappa shape index (κ3) is 14.3. The SMILES string of the molecule is CCC(C)c1cc2c3c(c1)N(c1ccc4c(c1)C(C)(CCC1(C)CCC(C)(C)c5cc6c7c(sc6cc51)B1c5cc6c(cc5N(c5ccc(C(C)(C)C)cc5C)c5cc(C8CCCCC8)cc(c51)N7c1ccc5c(c1)C(C)(C)CCC5(C)C)C(C)(C)CCC6(C)C)CCC4(C)C)c1c(sc4cc5c(cc14)C(C)(C)CCC5(C)C)B3c1cc3c(cc1N2c1ccc(C(C)(C)C)cc1C)C(C)(C)CCC3(C)C. The Kier molecular flexibility index (Phi) is 21.1. The number of nitrogens with zero attached hydrogens (tertiary/aromatic N) is 4. The lowest BCUT2D eigenvalue weighted by Crippen LogP contribution is -2.61. The van der Waals surface area contributed by atoms with Gasteiger partial charge in [-0.05, 0) is 430 Å². The first kappa shape index (κ1) is 95.0. The maximum Gasteiger partial charge on any atom is 0.264 e.